The van der Waals surface area contributed by atoms with Crippen molar-refractivity contribution >= 4 is 11.8 Å². The molecule has 2 unspecified atom stereocenters. The van der Waals surface area contributed by atoms with Crippen molar-refractivity contribution in [2.45, 2.75) is 25.3 Å². The van der Waals surface area contributed by atoms with Crippen molar-refractivity contribution in [3.63, 3.8) is 0 Å². The Kier molecular flexibility index (Phi) is 3.43. The molecule has 2 amide bonds. The smallest absolute Gasteiger partial charge is 0.227 e. The van der Waals surface area contributed by atoms with E-state index in [1.165, 1.54) is 6.42 Å². The van der Waals surface area contributed by atoms with E-state index in [0.29, 0.717) is 19.0 Å². The van der Waals surface area contributed by atoms with Crippen molar-refractivity contribution in [1.29, 1.82) is 0 Å². The molecule has 5 nitrogen and oxygen atoms in total. The summed E-state index contributed by atoms with van der Waals surface area (Å²) in [5.74, 6) is -0.0725. The van der Waals surface area contributed by atoms with Gasteiger partial charge in [-0.3, -0.25) is 9.59 Å². The molecule has 0 aliphatic carbocycles. The number of hydrogen-bond donors (Lipinski definition) is 2. The molecule has 2 rings (SSSR count). The maximum atomic E-state index is 12.0. The summed E-state index contributed by atoms with van der Waals surface area (Å²) in [4.78, 5) is 24.8. The van der Waals surface area contributed by atoms with Gasteiger partial charge in [0.15, 0.2) is 0 Å². The van der Waals surface area contributed by atoms with Gasteiger partial charge in [-0.05, 0) is 19.4 Å². The average molecular weight is 225 g/mol. The van der Waals surface area contributed by atoms with Crippen molar-refractivity contribution in [2.75, 3.05) is 26.7 Å². The molecule has 0 bridgehead atoms. The van der Waals surface area contributed by atoms with Gasteiger partial charge in [-0.15, -0.1) is 0 Å². The molecule has 2 saturated heterocycles. The standard InChI is InChI=1S/C11H19N3O2/c1-14(7-9-3-2-4-12-9)11(16)8-5-10(15)13-6-8/h8-9,12H,2-7H2,1H3,(H,13,15). The summed E-state index contributed by atoms with van der Waals surface area (Å²) in [5, 5.41) is 6.06. The van der Waals surface area contributed by atoms with Crippen LogP contribution in [0.3, 0.4) is 0 Å². The van der Waals surface area contributed by atoms with Crippen molar-refractivity contribution in [3.05, 3.63) is 0 Å². The Balaban J connectivity index is 1.81. The van der Waals surface area contributed by atoms with Crippen LogP contribution in [-0.4, -0.2) is 49.4 Å². The first-order valence-corrected chi connectivity index (χ1v) is 5.92. The van der Waals surface area contributed by atoms with Gasteiger partial charge < -0.3 is 15.5 Å². The molecule has 0 saturated carbocycles. The molecule has 0 radical (unpaired) electrons. The summed E-state index contributed by atoms with van der Waals surface area (Å²) in [6.45, 7) is 2.31. The van der Waals surface area contributed by atoms with Gasteiger partial charge in [0, 0.05) is 32.6 Å². The Morgan fingerprint density at radius 3 is 2.94 bits per heavy atom. The highest BCUT2D eigenvalue weighted by Gasteiger charge is 2.31. The third-order valence-electron chi connectivity index (χ3n) is 3.36. The Bertz CT molecular complexity index is 287. The van der Waals surface area contributed by atoms with E-state index in [2.05, 4.69) is 10.6 Å². The van der Waals surface area contributed by atoms with Crippen LogP contribution in [0.1, 0.15) is 19.3 Å². The topological polar surface area (TPSA) is 61.4 Å². The minimum atomic E-state index is -0.154. The lowest BCUT2D eigenvalue weighted by atomic mass is 10.1. The van der Waals surface area contributed by atoms with Gasteiger partial charge in [-0.25, -0.2) is 0 Å². The van der Waals surface area contributed by atoms with Gasteiger partial charge in [0.2, 0.25) is 11.8 Å². The van der Waals surface area contributed by atoms with E-state index in [0.717, 1.165) is 19.5 Å². The summed E-state index contributed by atoms with van der Waals surface area (Å²) in [7, 11) is 1.82. The van der Waals surface area contributed by atoms with Crippen LogP contribution in [-0.2, 0) is 9.59 Å². The third-order valence-corrected chi connectivity index (χ3v) is 3.36. The molecule has 2 heterocycles. The number of likely N-dealkylation sites (N-methyl/N-ethyl adjacent to an activating group) is 1. The summed E-state index contributed by atoms with van der Waals surface area (Å²) in [6.07, 6.45) is 2.68. The molecule has 0 aromatic rings. The predicted molar refractivity (Wildman–Crippen MR) is 59.8 cm³/mol. The second-order valence-electron chi connectivity index (χ2n) is 4.72. The van der Waals surface area contributed by atoms with Gasteiger partial charge in [0.25, 0.3) is 0 Å². The van der Waals surface area contributed by atoms with Crippen LogP contribution in [0.25, 0.3) is 0 Å². The van der Waals surface area contributed by atoms with Crippen LogP contribution in [0.2, 0.25) is 0 Å². The zero-order chi connectivity index (χ0) is 11.5. The van der Waals surface area contributed by atoms with Crippen molar-refractivity contribution in [1.82, 2.24) is 15.5 Å². The van der Waals surface area contributed by atoms with Gasteiger partial charge >= 0.3 is 0 Å². The zero-order valence-electron chi connectivity index (χ0n) is 9.66. The molecule has 5 heteroatoms. The summed E-state index contributed by atoms with van der Waals surface area (Å²) in [5.41, 5.74) is 0. The lowest BCUT2D eigenvalue weighted by Crippen LogP contribution is -2.41. The molecular formula is C11H19N3O2. The molecule has 2 fully saturated rings. The molecule has 90 valence electrons. The highest BCUT2D eigenvalue weighted by atomic mass is 16.2. The van der Waals surface area contributed by atoms with E-state index >= 15 is 0 Å². The van der Waals surface area contributed by atoms with Gasteiger partial charge in [-0.1, -0.05) is 0 Å². The Labute approximate surface area is 95.6 Å². The van der Waals surface area contributed by atoms with Crippen LogP contribution in [0.4, 0.5) is 0 Å². The number of amides is 2. The van der Waals surface area contributed by atoms with Gasteiger partial charge in [0.1, 0.15) is 0 Å². The molecule has 2 atom stereocenters. The quantitative estimate of drug-likeness (QED) is 0.670. The van der Waals surface area contributed by atoms with Gasteiger partial charge in [0.05, 0.1) is 5.92 Å². The van der Waals surface area contributed by atoms with E-state index in [4.69, 9.17) is 0 Å². The van der Waals surface area contributed by atoms with E-state index < -0.39 is 0 Å². The predicted octanol–water partition coefficient (Wildman–Crippen LogP) is -0.667. The first kappa shape index (κ1) is 11.4. The fourth-order valence-electron chi connectivity index (χ4n) is 2.42. The highest BCUT2D eigenvalue weighted by Crippen LogP contribution is 2.13. The zero-order valence-corrected chi connectivity index (χ0v) is 9.66. The van der Waals surface area contributed by atoms with Gasteiger partial charge in [-0.2, -0.15) is 0 Å². The van der Waals surface area contributed by atoms with E-state index in [-0.39, 0.29) is 17.7 Å². The lowest BCUT2D eigenvalue weighted by Gasteiger charge is -2.23. The Morgan fingerprint density at radius 1 is 1.56 bits per heavy atom. The molecule has 2 aliphatic heterocycles. The SMILES string of the molecule is CN(CC1CCCN1)C(=O)C1CNC(=O)C1. The van der Waals surface area contributed by atoms with Crippen molar-refractivity contribution < 1.29 is 9.59 Å². The largest absolute Gasteiger partial charge is 0.355 e. The summed E-state index contributed by atoms with van der Waals surface area (Å²) >= 11 is 0. The molecule has 0 aromatic heterocycles. The molecule has 16 heavy (non-hydrogen) atoms. The number of nitrogens with zero attached hydrogens (tertiary/aromatic N) is 1. The number of carbonyl (C=O) groups excluding carboxylic acids is 2. The number of nitrogens with one attached hydrogen (secondary N) is 2. The van der Waals surface area contributed by atoms with Crippen LogP contribution in [0.5, 0.6) is 0 Å². The molecule has 0 spiro atoms. The first-order chi connectivity index (χ1) is 7.66. The second kappa shape index (κ2) is 4.82. The minimum Gasteiger partial charge on any atom is -0.355 e. The Morgan fingerprint density at radius 2 is 2.38 bits per heavy atom. The lowest BCUT2D eigenvalue weighted by molar-refractivity contribution is -0.134. The highest BCUT2D eigenvalue weighted by molar-refractivity contribution is 5.89. The molecule has 2 aliphatic rings. The number of rotatable bonds is 3. The van der Waals surface area contributed by atoms with E-state index in [1.54, 1.807) is 4.90 Å². The monoisotopic (exact) mass is 225 g/mol. The maximum Gasteiger partial charge on any atom is 0.227 e. The number of hydrogen-bond acceptors (Lipinski definition) is 3. The third kappa shape index (κ3) is 2.52. The fraction of sp³-hybridized carbons (Fsp3) is 0.818. The number of carbonyl (C=O) groups is 2. The second-order valence-corrected chi connectivity index (χ2v) is 4.72. The van der Waals surface area contributed by atoms with Crippen LogP contribution in [0.15, 0.2) is 0 Å². The van der Waals surface area contributed by atoms with Crippen LogP contribution >= 0.6 is 0 Å². The first-order valence-electron chi connectivity index (χ1n) is 5.92. The van der Waals surface area contributed by atoms with Crippen LogP contribution < -0.4 is 10.6 Å². The normalized spacial score (nSPS) is 29.2. The van der Waals surface area contributed by atoms with E-state index in [1.807, 2.05) is 7.05 Å². The maximum absolute atomic E-state index is 12.0. The van der Waals surface area contributed by atoms with E-state index in [9.17, 15) is 9.59 Å². The minimum absolute atomic E-state index is 0.00857. The molecule has 2 N–H and O–H groups in total. The molecular weight excluding hydrogens is 206 g/mol. The average Bonchev–Trinajstić information content (AvgIpc) is 2.88. The fourth-order valence-corrected chi connectivity index (χ4v) is 2.42. The van der Waals surface area contributed by atoms with Crippen LogP contribution in [0, 0.1) is 5.92 Å². The summed E-state index contributed by atoms with van der Waals surface area (Å²) in [6, 6.07) is 0.430. The molecule has 0 aromatic carbocycles. The van der Waals surface area contributed by atoms with Crippen molar-refractivity contribution in [3.8, 4) is 0 Å². The van der Waals surface area contributed by atoms with Crippen molar-refractivity contribution in [2.24, 2.45) is 5.92 Å². The summed E-state index contributed by atoms with van der Waals surface area (Å²) < 4.78 is 0. The Hall–Kier alpha value is -1.10.